The second-order valence-electron chi connectivity index (χ2n) is 1.97. The maximum Gasteiger partial charge on any atom is -0.0173 e. The Labute approximate surface area is 52.6 Å². The number of allylic oxidation sites excluding steroid dienone is 1. The fourth-order valence-electron chi connectivity index (χ4n) is 0.630. The average molecular weight is 111 g/mol. The van der Waals surface area contributed by atoms with Crippen LogP contribution >= 0.6 is 0 Å². The molecule has 0 amide bonds. The highest BCUT2D eigenvalue weighted by Gasteiger charge is 1.81. The van der Waals surface area contributed by atoms with Crippen LogP contribution < -0.4 is 0 Å². The third-order valence-corrected chi connectivity index (χ3v) is 1.14. The molecule has 0 heteroatoms. The molecule has 0 unspecified atom stereocenters. The summed E-state index contributed by atoms with van der Waals surface area (Å²) in [6, 6.07) is 0. The molecule has 0 aromatic heterocycles. The van der Waals surface area contributed by atoms with E-state index in [4.69, 9.17) is 0 Å². The van der Waals surface area contributed by atoms with Gasteiger partial charge in [0.25, 0.3) is 0 Å². The Morgan fingerprint density at radius 2 is 2.12 bits per heavy atom. The molecule has 0 atom stereocenters. The molecule has 0 saturated heterocycles. The maximum absolute atomic E-state index is 3.60. The minimum Gasteiger partial charge on any atom is -0.103 e. The SMILES string of the molecule is C=C[CH][12CH2]CCCC. The Hall–Kier alpha value is -0.260. The molecule has 47 valence electrons. The molecule has 0 saturated carbocycles. The molecule has 0 bridgehead atoms. The lowest BCUT2D eigenvalue weighted by Gasteiger charge is -1.91. The van der Waals surface area contributed by atoms with Crippen LogP contribution in [0.5, 0.6) is 0 Å². The molecule has 0 nitrogen and oxygen atoms in total. The van der Waals surface area contributed by atoms with Crippen LogP contribution in [-0.2, 0) is 0 Å². The van der Waals surface area contributed by atoms with Crippen LogP contribution in [0.4, 0.5) is 0 Å². The monoisotopic (exact) mass is 111 g/mol. The van der Waals surface area contributed by atoms with Gasteiger partial charge in [-0.3, -0.25) is 0 Å². The van der Waals surface area contributed by atoms with Gasteiger partial charge in [0.1, 0.15) is 0 Å². The van der Waals surface area contributed by atoms with Gasteiger partial charge in [-0.25, -0.2) is 0 Å². The largest absolute Gasteiger partial charge is 0.103 e. The fourth-order valence-corrected chi connectivity index (χ4v) is 0.630. The molecular weight excluding hydrogens is 96.1 g/mol. The summed E-state index contributed by atoms with van der Waals surface area (Å²) in [5, 5.41) is 0. The van der Waals surface area contributed by atoms with Gasteiger partial charge >= 0.3 is 0 Å². The van der Waals surface area contributed by atoms with E-state index in [0.717, 1.165) is 0 Å². The lowest BCUT2D eigenvalue weighted by atomic mass is 10.1. The van der Waals surface area contributed by atoms with Crippen molar-refractivity contribution < 1.29 is 0 Å². The zero-order valence-electron chi connectivity index (χ0n) is 5.69. The molecule has 0 heterocycles. The Kier molecular flexibility index (Phi) is 6.52. The lowest BCUT2D eigenvalue weighted by Crippen LogP contribution is -1.72. The van der Waals surface area contributed by atoms with Crippen molar-refractivity contribution in [1.29, 1.82) is 0 Å². The summed E-state index contributed by atoms with van der Waals surface area (Å²) in [6.45, 7) is 5.82. The summed E-state index contributed by atoms with van der Waals surface area (Å²) >= 11 is 0. The summed E-state index contributed by atoms with van der Waals surface area (Å²) in [7, 11) is 0. The predicted octanol–water partition coefficient (Wildman–Crippen LogP) is 2.96. The van der Waals surface area contributed by atoms with Gasteiger partial charge in [0, 0.05) is 0 Å². The predicted molar refractivity (Wildman–Crippen MR) is 38.6 cm³/mol. The van der Waals surface area contributed by atoms with Crippen molar-refractivity contribution in [1.82, 2.24) is 0 Å². The molecule has 0 aliphatic rings. The zero-order valence-corrected chi connectivity index (χ0v) is 5.69. The summed E-state index contributed by atoms with van der Waals surface area (Å²) in [5.41, 5.74) is 0. The Morgan fingerprint density at radius 1 is 1.38 bits per heavy atom. The summed E-state index contributed by atoms with van der Waals surface area (Å²) in [4.78, 5) is 0. The van der Waals surface area contributed by atoms with Crippen LogP contribution in [0.15, 0.2) is 12.7 Å². The molecule has 0 fully saturated rings. The zero-order chi connectivity index (χ0) is 6.24. The van der Waals surface area contributed by atoms with E-state index in [0.29, 0.717) is 0 Å². The van der Waals surface area contributed by atoms with Crippen molar-refractivity contribution in [2.24, 2.45) is 0 Å². The molecule has 0 spiro atoms. The van der Waals surface area contributed by atoms with Crippen molar-refractivity contribution in [2.45, 2.75) is 32.6 Å². The number of hydrogen-bond donors (Lipinski definition) is 0. The van der Waals surface area contributed by atoms with Crippen molar-refractivity contribution in [3.05, 3.63) is 19.1 Å². The quantitative estimate of drug-likeness (QED) is 0.478. The van der Waals surface area contributed by atoms with Gasteiger partial charge in [0.15, 0.2) is 0 Å². The van der Waals surface area contributed by atoms with E-state index >= 15 is 0 Å². The minimum atomic E-state index is 1.21. The van der Waals surface area contributed by atoms with Gasteiger partial charge in [-0.1, -0.05) is 32.3 Å². The molecular formula is C8H15. The smallest absolute Gasteiger partial charge is 0.0173 e. The highest BCUT2D eigenvalue weighted by atomic mass is 13.9. The lowest BCUT2D eigenvalue weighted by molar-refractivity contribution is 0.717. The van der Waals surface area contributed by atoms with Crippen LogP contribution in [0, 0.1) is 6.42 Å². The van der Waals surface area contributed by atoms with E-state index in [2.05, 4.69) is 19.9 Å². The normalized spacial score (nSPS) is 9.12. The van der Waals surface area contributed by atoms with E-state index in [1.165, 1.54) is 25.7 Å². The van der Waals surface area contributed by atoms with Gasteiger partial charge in [0.2, 0.25) is 0 Å². The molecule has 0 aromatic carbocycles. The van der Waals surface area contributed by atoms with Crippen LogP contribution in [-0.4, -0.2) is 0 Å². The Morgan fingerprint density at radius 3 is 2.62 bits per heavy atom. The standard InChI is InChI=1S/C8H15/c1-3-5-7-8-6-4-2/h3,5H,1,4,6-8H2,2H3/i7+0. The third-order valence-electron chi connectivity index (χ3n) is 1.14. The van der Waals surface area contributed by atoms with E-state index < -0.39 is 0 Å². The van der Waals surface area contributed by atoms with E-state index in [1.54, 1.807) is 0 Å². The molecule has 0 aliphatic carbocycles. The maximum atomic E-state index is 3.60. The number of unbranched alkanes of at least 4 members (excludes halogenated alkanes) is 4. The van der Waals surface area contributed by atoms with Crippen molar-refractivity contribution in [3.63, 3.8) is 0 Å². The van der Waals surface area contributed by atoms with E-state index in [1.807, 2.05) is 6.08 Å². The van der Waals surface area contributed by atoms with E-state index in [9.17, 15) is 0 Å². The van der Waals surface area contributed by atoms with Crippen LogP contribution in [0.25, 0.3) is 0 Å². The van der Waals surface area contributed by atoms with E-state index in [-0.39, 0.29) is 0 Å². The van der Waals surface area contributed by atoms with Gasteiger partial charge in [-0.15, -0.1) is 6.58 Å². The van der Waals surface area contributed by atoms with Crippen molar-refractivity contribution >= 4 is 0 Å². The molecule has 1 radical (unpaired) electrons. The second kappa shape index (κ2) is 6.74. The first kappa shape index (κ1) is 7.74. The molecule has 0 rings (SSSR count). The van der Waals surface area contributed by atoms with Crippen LogP contribution in [0.2, 0.25) is 0 Å². The van der Waals surface area contributed by atoms with Gasteiger partial charge < -0.3 is 0 Å². The summed E-state index contributed by atoms with van der Waals surface area (Å²) in [6.07, 6.45) is 9.18. The van der Waals surface area contributed by atoms with Crippen molar-refractivity contribution in [2.75, 3.05) is 0 Å². The summed E-state index contributed by atoms with van der Waals surface area (Å²) < 4.78 is 0. The topological polar surface area (TPSA) is 0 Å². The Bertz CT molecular complexity index is 46.0. The van der Waals surface area contributed by atoms with Gasteiger partial charge in [-0.2, -0.15) is 0 Å². The third kappa shape index (κ3) is 5.74. The van der Waals surface area contributed by atoms with Gasteiger partial charge in [-0.05, 0) is 12.8 Å². The first-order valence-corrected chi connectivity index (χ1v) is 3.36. The first-order valence-electron chi connectivity index (χ1n) is 3.36. The molecule has 0 N–H and O–H groups in total. The highest BCUT2D eigenvalue weighted by Crippen LogP contribution is 2.00. The highest BCUT2D eigenvalue weighted by molar-refractivity contribution is 4.85. The molecule has 8 heavy (non-hydrogen) atoms. The first-order chi connectivity index (χ1) is 3.91. The minimum absolute atomic E-state index is 1.21. The second-order valence-corrected chi connectivity index (χ2v) is 1.97. The number of rotatable bonds is 5. The van der Waals surface area contributed by atoms with Crippen LogP contribution in [0.1, 0.15) is 32.6 Å². The average Bonchev–Trinajstić information content (AvgIpc) is 1.81. The van der Waals surface area contributed by atoms with Gasteiger partial charge in [0.05, 0.1) is 0 Å². The molecule has 0 aromatic rings. The van der Waals surface area contributed by atoms with Crippen LogP contribution in [0.3, 0.4) is 0 Å². The fraction of sp³-hybridized carbons (Fsp3) is 0.625. The number of hydrogen-bond acceptors (Lipinski definition) is 0. The summed E-state index contributed by atoms with van der Waals surface area (Å²) in [5.74, 6) is 0. The van der Waals surface area contributed by atoms with Crippen molar-refractivity contribution in [3.8, 4) is 0 Å². The molecule has 0 aliphatic heterocycles. The Balaban J connectivity index is 2.62.